The highest BCUT2D eigenvalue weighted by Gasteiger charge is 2.56. The molecule has 0 bridgehead atoms. The standard InChI is InChI=1S/C33H40N2O7/c1-20(2)24-17-25-31(33(40)35(32(25)39)15-7-3-4-9-29(37)38)26-19-41-28(30(24)26)13-10-21(27-8-5-6-14-34-27)16-22-11-12-23(18-36)42-22/h5-6,8,11-12,14,16,20,25-26,28,31,36H,3-4,7,9-10,13,15,17-19H2,1-2H3,(H,37,38)/b21-16-/t25-,26+,28-,31-/m1/s1. The first-order chi connectivity index (χ1) is 20.3. The summed E-state index contributed by atoms with van der Waals surface area (Å²) in [5.74, 6) is -0.523. The second-order valence-electron chi connectivity index (χ2n) is 11.8. The number of imide groups is 1. The van der Waals surface area contributed by atoms with Crippen LogP contribution >= 0.6 is 0 Å². The Balaban J connectivity index is 1.33. The van der Waals surface area contributed by atoms with Gasteiger partial charge < -0.3 is 19.4 Å². The number of ether oxygens (including phenoxy) is 1. The highest BCUT2D eigenvalue weighted by molar-refractivity contribution is 6.06. The zero-order chi connectivity index (χ0) is 29.8. The lowest BCUT2D eigenvalue weighted by Crippen LogP contribution is -2.35. The van der Waals surface area contributed by atoms with Gasteiger partial charge in [0.2, 0.25) is 11.8 Å². The average Bonchev–Trinajstić information content (AvgIpc) is 3.68. The number of furan rings is 1. The first-order valence-electron chi connectivity index (χ1n) is 15.0. The van der Waals surface area contributed by atoms with Gasteiger partial charge in [0, 0.05) is 25.1 Å². The predicted octanol–water partition coefficient (Wildman–Crippen LogP) is 5.11. The third kappa shape index (κ3) is 6.27. The number of aliphatic hydroxyl groups is 1. The van der Waals surface area contributed by atoms with Crippen molar-refractivity contribution in [2.75, 3.05) is 13.2 Å². The largest absolute Gasteiger partial charge is 0.481 e. The van der Waals surface area contributed by atoms with Gasteiger partial charge in [0.1, 0.15) is 18.1 Å². The van der Waals surface area contributed by atoms with Crippen LogP contribution in [0.25, 0.3) is 11.6 Å². The van der Waals surface area contributed by atoms with Gasteiger partial charge in [0.15, 0.2) is 0 Å². The summed E-state index contributed by atoms with van der Waals surface area (Å²) in [5, 5.41) is 18.3. The zero-order valence-electron chi connectivity index (χ0n) is 24.3. The fraction of sp³-hybridized carbons (Fsp3) is 0.515. The molecule has 2 aromatic heterocycles. The number of allylic oxidation sites excluding steroid dienone is 2. The Morgan fingerprint density at radius 2 is 1.93 bits per heavy atom. The van der Waals surface area contributed by atoms with E-state index in [4.69, 9.17) is 14.3 Å². The number of amides is 2. The van der Waals surface area contributed by atoms with E-state index in [0.717, 1.165) is 11.3 Å². The molecule has 42 heavy (non-hydrogen) atoms. The van der Waals surface area contributed by atoms with Crippen LogP contribution in [0.3, 0.4) is 0 Å². The molecule has 4 heterocycles. The van der Waals surface area contributed by atoms with E-state index < -0.39 is 11.9 Å². The number of carbonyl (C=O) groups excluding carboxylic acids is 2. The summed E-state index contributed by atoms with van der Waals surface area (Å²) in [7, 11) is 0. The number of carboxylic acids is 1. The molecule has 2 saturated heterocycles. The molecule has 5 rings (SSSR count). The third-order valence-corrected chi connectivity index (χ3v) is 8.83. The van der Waals surface area contributed by atoms with Gasteiger partial charge in [-0.1, -0.05) is 31.9 Å². The van der Waals surface area contributed by atoms with Crippen molar-refractivity contribution in [1.29, 1.82) is 0 Å². The number of pyridine rings is 1. The summed E-state index contributed by atoms with van der Waals surface area (Å²) in [6.07, 6.45) is 7.42. The Morgan fingerprint density at radius 3 is 2.62 bits per heavy atom. The van der Waals surface area contributed by atoms with E-state index in [-0.39, 0.29) is 48.7 Å². The summed E-state index contributed by atoms with van der Waals surface area (Å²) >= 11 is 0. The van der Waals surface area contributed by atoms with E-state index in [1.165, 1.54) is 16.0 Å². The van der Waals surface area contributed by atoms with Crippen molar-refractivity contribution < 1.29 is 33.8 Å². The molecule has 4 atom stereocenters. The Hall–Kier alpha value is -3.56. The molecule has 9 heteroatoms. The van der Waals surface area contributed by atoms with E-state index in [9.17, 15) is 19.5 Å². The summed E-state index contributed by atoms with van der Waals surface area (Å²) in [6.45, 7) is 4.89. The minimum Gasteiger partial charge on any atom is -0.481 e. The van der Waals surface area contributed by atoms with Crippen LogP contribution in [-0.4, -0.2) is 57.1 Å². The van der Waals surface area contributed by atoms with Crippen molar-refractivity contribution in [3.63, 3.8) is 0 Å². The summed E-state index contributed by atoms with van der Waals surface area (Å²) in [4.78, 5) is 43.8. The molecule has 0 unspecified atom stereocenters. The molecule has 2 amide bonds. The molecule has 2 N–H and O–H groups in total. The number of fused-ring (bicyclic) bond motifs is 3. The van der Waals surface area contributed by atoms with Crippen molar-refractivity contribution >= 4 is 29.4 Å². The van der Waals surface area contributed by atoms with Crippen molar-refractivity contribution in [2.45, 2.75) is 71.5 Å². The van der Waals surface area contributed by atoms with E-state index >= 15 is 0 Å². The lowest BCUT2D eigenvalue weighted by molar-refractivity contribution is -0.141. The molecule has 2 fully saturated rings. The number of hydrogen-bond acceptors (Lipinski definition) is 7. The van der Waals surface area contributed by atoms with Crippen molar-refractivity contribution in [2.24, 2.45) is 23.7 Å². The average molecular weight is 577 g/mol. The molecule has 0 radical (unpaired) electrons. The number of carbonyl (C=O) groups is 3. The maximum Gasteiger partial charge on any atom is 0.303 e. The van der Waals surface area contributed by atoms with Crippen LogP contribution in [0.5, 0.6) is 0 Å². The van der Waals surface area contributed by atoms with Gasteiger partial charge in [-0.15, -0.1) is 0 Å². The lowest BCUT2D eigenvalue weighted by Gasteiger charge is -2.33. The second kappa shape index (κ2) is 13.2. The number of unbranched alkanes of at least 4 members (excludes halogenated alkanes) is 2. The minimum atomic E-state index is -0.829. The number of aliphatic hydroxyl groups excluding tert-OH is 1. The first kappa shape index (κ1) is 29.9. The normalized spacial score (nSPS) is 24.1. The molecule has 1 aliphatic carbocycles. The molecule has 2 aromatic rings. The number of rotatable bonds is 13. The van der Waals surface area contributed by atoms with Gasteiger partial charge in [-0.2, -0.15) is 0 Å². The molecular weight excluding hydrogens is 536 g/mol. The smallest absolute Gasteiger partial charge is 0.303 e. The van der Waals surface area contributed by atoms with Gasteiger partial charge in [-0.3, -0.25) is 24.3 Å². The second-order valence-corrected chi connectivity index (χ2v) is 11.8. The number of carboxylic acid groups (broad SMARTS) is 1. The van der Waals surface area contributed by atoms with Gasteiger partial charge in [-0.05, 0) is 79.5 Å². The van der Waals surface area contributed by atoms with Crippen LogP contribution in [0, 0.1) is 23.7 Å². The van der Waals surface area contributed by atoms with Gasteiger partial charge in [-0.25, -0.2) is 0 Å². The molecular formula is C33H40N2O7. The number of aromatic nitrogens is 1. The quantitative estimate of drug-likeness (QED) is 0.191. The Morgan fingerprint density at radius 1 is 1.10 bits per heavy atom. The van der Waals surface area contributed by atoms with Crippen LogP contribution in [0.4, 0.5) is 0 Å². The number of aliphatic carboxylic acids is 1. The van der Waals surface area contributed by atoms with Crippen LogP contribution in [-0.2, 0) is 25.7 Å². The van der Waals surface area contributed by atoms with Crippen LogP contribution in [0.15, 0.2) is 52.1 Å². The molecule has 0 aromatic carbocycles. The topological polar surface area (TPSA) is 130 Å². The lowest BCUT2D eigenvalue weighted by atomic mass is 9.67. The molecule has 224 valence electrons. The summed E-state index contributed by atoms with van der Waals surface area (Å²) < 4.78 is 12.1. The van der Waals surface area contributed by atoms with E-state index in [1.54, 1.807) is 12.3 Å². The molecule has 0 saturated carbocycles. The minimum absolute atomic E-state index is 0.0926. The van der Waals surface area contributed by atoms with Crippen molar-refractivity contribution in [3.8, 4) is 0 Å². The number of hydrogen-bond donors (Lipinski definition) is 2. The number of likely N-dealkylation sites (tertiary alicyclic amines) is 1. The van der Waals surface area contributed by atoms with Crippen LogP contribution in [0.2, 0.25) is 0 Å². The van der Waals surface area contributed by atoms with E-state index in [1.807, 2.05) is 30.3 Å². The molecule has 2 aliphatic heterocycles. The maximum absolute atomic E-state index is 13.6. The Kier molecular flexibility index (Phi) is 9.38. The number of nitrogens with zero attached hydrogens (tertiary/aromatic N) is 2. The van der Waals surface area contributed by atoms with E-state index in [0.29, 0.717) is 63.2 Å². The van der Waals surface area contributed by atoms with Crippen LogP contribution < -0.4 is 0 Å². The monoisotopic (exact) mass is 576 g/mol. The SMILES string of the molecule is CC(C)C1=C2[C@@H](CC/C(=C/c3ccc(CO)o3)c3ccccn3)OC[C@@H]2[C@@H]2C(=O)N(CCCCCC(=O)O)C(=O)[C@@H]2C1. The highest BCUT2D eigenvalue weighted by atomic mass is 16.5. The van der Waals surface area contributed by atoms with Gasteiger partial charge in [0.05, 0.1) is 30.2 Å². The van der Waals surface area contributed by atoms with Crippen molar-refractivity contribution in [1.82, 2.24) is 9.88 Å². The third-order valence-electron chi connectivity index (χ3n) is 8.83. The van der Waals surface area contributed by atoms with E-state index in [2.05, 4.69) is 18.8 Å². The highest BCUT2D eigenvalue weighted by Crippen LogP contribution is 2.51. The summed E-state index contributed by atoms with van der Waals surface area (Å²) in [5.41, 5.74) is 4.25. The Bertz CT molecular complexity index is 1360. The van der Waals surface area contributed by atoms with Gasteiger partial charge >= 0.3 is 5.97 Å². The zero-order valence-corrected chi connectivity index (χ0v) is 24.3. The summed E-state index contributed by atoms with van der Waals surface area (Å²) in [6, 6.07) is 9.37. The Labute approximate surface area is 246 Å². The molecule has 0 spiro atoms. The van der Waals surface area contributed by atoms with Crippen LogP contribution in [0.1, 0.15) is 76.0 Å². The fourth-order valence-electron chi connectivity index (χ4n) is 6.81. The molecule has 9 nitrogen and oxygen atoms in total. The fourth-order valence-corrected chi connectivity index (χ4v) is 6.81. The van der Waals surface area contributed by atoms with Crippen molar-refractivity contribution in [3.05, 3.63) is 64.9 Å². The predicted molar refractivity (Wildman–Crippen MR) is 155 cm³/mol. The maximum atomic E-state index is 13.6. The van der Waals surface area contributed by atoms with Gasteiger partial charge in [0.25, 0.3) is 0 Å². The first-order valence-corrected chi connectivity index (χ1v) is 15.0. The molecule has 3 aliphatic rings.